The second-order valence-electron chi connectivity index (χ2n) is 19.9. The van der Waals surface area contributed by atoms with Crippen LogP contribution in [0.2, 0.25) is 0 Å². The van der Waals surface area contributed by atoms with Gasteiger partial charge in [0.1, 0.15) is 5.58 Å². The van der Waals surface area contributed by atoms with Gasteiger partial charge in [-0.3, -0.25) is 0 Å². The van der Waals surface area contributed by atoms with Crippen LogP contribution >= 0.6 is 0 Å². The first kappa shape index (κ1) is 41.7. The van der Waals surface area contributed by atoms with Crippen molar-refractivity contribution in [2.45, 2.75) is 5.41 Å². The van der Waals surface area contributed by atoms with Gasteiger partial charge in [0, 0.05) is 22.1 Å². The highest BCUT2D eigenvalue weighted by Crippen LogP contribution is 2.67. The number of nitrogens with zero attached hydrogens (tertiary/aromatic N) is 2. The van der Waals surface area contributed by atoms with Crippen molar-refractivity contribution in [2.24, 2.45) is 0 Å². The zero-order chi connectivity index (χ0) is 49.2. The van der Waals surface area contributed by atoms with E-state index in [0.717, 1.165) is 95.4 Å². The van der Waals surface area contributed by atoms with Crippen LogP contribution in [0.4, 0.5) is 34.1 Å². The average Bonchev–Trinajstić information content (AvgIpc) is 4.21. The van der Waals surface area contributed by atoms with Crippen molar-refractivity contribution in [1.82, 2.24) is 0 Å². The van der Waals surface area contributed by atoms with E-state index in [1.54, 1.807) is 0 Å². The van der Waals surface area contributed by atoms with Gasteiger partial charge in [-0.05, 0) is 150 Å². The Bertz CT molecular complexity index is 4420. The Balaban J connectivity index is 0.986. The zero-order valence-electron chi connectivity index (χ0n) is 40.6. The summed E-state index contributed by atoms with van der Waals surface area (Å²) >= 11 is 0. The summed E-state index contributed by atoms with van der Waals surface area (Å²) in [4.78, 5) is 4.84. The topological polar surface area (TPSA) is 28.9 Å². The lowest BCUT2D eigenvalue weighted by molar-refractivity contribution is 0.473. The quantitative estimate of drug-likeness (QED) is 0.166. The fraction of sp³-hybridized carbons (Fsp3) is 0.0141. The van der Waals surface area contributed by atoms with Gasteiger partial charge in [-0.2, -0.15) is 0 Å². The Morgan fingerprint density at radius 1 is 0.347 bits per heavy atom. The Morgan fingerprint density at radius 2 is 0.960 bits per heavy atom. The zero-order valence-corrected chi connectivity index (χ0v) is 40.6. The molecule has 0 saturated heterocycles. The summed E-state index contributed by atoms with van der Waals surface area (Å²) in [5.74, 6) is 1.69. The standard InChI is InChI=1S/C71H44N2O2/c1-2-17-45(18-3-1)46-35-38-51(39-36-46)72(65-31-15-26-58-57-24-8-12-32-66(57)75-70(58)65)52-42-49(41-50(43-52)54-25-14-20-47-19-4-5-21-53(47)54)48-37-40-63-62(44-48)71(59-27-9-6-22-55(59)56-23-7-10-28-60(56)71)61-29-16-34-68-69(61)73(63)64-30-11-13-33-67(64)74-68/h1-44H. The van der Waals surface area contributed by atoms with E-state index < -0.39 is 5.41 Å². The highest BCUT2D eigenvalue weighted by Gasteiger charge is 2.53. The molecule has 4 heteroatoms. The van der Waals surface area contributed by atoms with Crippen molar-refractivity contribution in [2.75, 3.05) is 9.80 Å². The summed E-state index contributed by atoms with van der Waals surface area (Å²) < 4.78 is 13.7. The minimum absolute atomic E-state index is 0.657. The van der Waals surface area contributed by atoms with Gasteiger partial charge >= 0.3 is 0 Å². The van der Waals surface area contributed by atoms with Gasteiger partial charge in [0.15, 0.2) is 17.1 Å². The molecule has 13 aromatic rings. The molecule has 3 aliphatic rings. The molecule has 2 aliphatic heterocycles. The molecule has 0 N–H and O–H groups in total. The minimum Gasteiger partial charge on any atom is -0.454 e. The van der Waals surface area contributed by atoms with E-state index in [2.05, 4.69) is 271 Å². The number of ether oxygens (including phenoxy) is 1. The van der Waals surface area contributed by atoms with E-state index in [9.17, 15) is 0 Å². The molecule has 0 radical (unpaired) electrons. The first-order valence-corrected chi connectivity index (χ1v) is 25.7. The molecule has 12 aromatic carbocycles. The Labute approximate surface area is 434 Å². The largest absolute Gasteiger partial charge is 0.454 e. The normalized spacial score (nSPS) is 13.3. The van der Waals surface area contributed by atoms with Crippen LogP contribution in [0.5, 0.6) is 11.5 Å². The number of hydrogen-bond acceptors (Lipinski definition) is 4. The predicted octanol–water partition coefficient (Wildman–Crippen LogP) is 19.5. The first-order valence-electron chi connectivity index (χ1n) is 25.7. The molecular formula is C71H44N2O2. The van der Waals surface area contributed by atoms with Gasteiger partial charge < -0.3 is 19.0 Å². The molecule has 3 heterocycles. The second-order valence-corrected chi connectivity index (χ2v) is 19.9. The summed E-state index contributed by atoms with van der Waals surface area (Å²) in [7, 11) is 0. The molecule has 0 fully saturated rings. The number of fused-ring (bicyclic) bond motifs is 15. The molecule has 4 nitrogen and oxygen atoms in total. The number of para-hydroxylation sites is 5. The van der Waals surface area contributed by atoms with E-state index in [0.29, 0.717) is 0 Å². The van der Waals surface area contributed by atoms with E-state index in [-0.39, 0.29) is 0 Å². The molecule has 16 rings (SSSR count). The molecule has 1 spiro atoms. The second kappa shape index (κ2) is 16.1. The summed E-state index contributed by atoms with van der Waals surface area (Å²) in [6.45, 7) is 0. The van der Waals surface area contributed by atoms with Crippen molar-refractivity contribution < 1.29 is 9.15 Å². The van der Waals surface area contributed by atoms with Crippen LogP contribution in [0.15, 0.2) is 271 Å². The van der Waals surface area contributed by atoms with Crippen molar-refractivity contribution in [3.8, 4) is 56.0 Å². The van der Waals surface area contributed by atoms with Crippen LogP contribution in [0.25, 0.3) is 77.2 Å². The third kappa shape index (κ3) is 6.05. The van der Waals surface area contributed by atoms with E-state index in [1.807, 2.05) is 6.07 Å². The van der Waals surface area contributed by atoms with Crippen LogP contribution in [0.3, 0.4) is 0 Å². The highest BCUT2D eigenvalue weighted by atomic mass is 16.5. The van der Waals surface area contributed by atoms with Crippen molar-refractivity contribution in [3.05, 3.63) is 289 Å². The van der Waals surface area contributed by atoms with Gasteiger partial charge in [0.05, 0.1) is 28.2 Å². The maximum Gasteiger partial charge on any atom is 0.159 e. The van der Waals surface area contributed by atoms with Gasteiger partial charge in [-0.15, -0.1) is 0 Å². The fourth-order valence-electron chi connectivity index (χ4n) is 12.8. The van der Waals surface area contributed by atoms with Crippen LogP contribution in [0, 0.1) is 0 Å². The first-order chi connectivity index (χ1) is 37.2. The number of anilines is 6. The fourth-order valence-corrected chi connectivity index (χ4v) is 12.8. The van der Waals surface area contributed by atoms with Crippen LogP contribution in [0.1, 0.15) is 22.3 Å². The average molecular weight is 957 g/mol. The Morgan fingerprint density at radius 3 is 1.81 bits per heavy atom. The smallest absolute Gasteiger partial charge is 0.159 e. The predicted molar refractivity (Wildman–Crippen MR) is 308 cm³/mol. The van der Waals surface area contributed by atoms with E-state index >= 15 is 0 Å². The number of hydrogen-bond donors (Lipinski definition) is 0. The molecule has 75 heavy (non-hydrogen) atoms. The van der Waals surface area contributed by atoms with Crippen LogP contribution < -0.4 is 14.5 Å². The molecule has 0 atom stereocenters. The van der Waals surface area contributed by atoms with Gasteiger partial charge in [-0.25, -0.2) is 0 Å². The summed E-state index contributed by atoms with van der Waals surface area (Å²) in [5.41, 5.74) is 21.5. The van der Waals surface area contributed by atoms with Gasteiger partial charge in [0.25, 0.3) is 0 Å². The molecule has 0 amide bonds. The maximum absolute atomic E-state index is 6.89. The molecule has 1 aromatic heterocycles. The summed E-state index contributed by atoms with van der Waals surface area (Å²) in [6, 6.07) is 97.2. The SMILES string of the molecule is c1ccc(-c2ccc(N(c3cc(-c4ccc5c(c4)C4(c6ccccc6-c6ccccc64)c4cccc6c4N5c4ccccc4O6)cc(-c4cccc5ccccc45)c3)c3cccc4c3oc3ccccc34)cc2)cc1. The lowest BCUT2D eigenvalue weighted by Gasteiger charge is -2.47. The third-order valence-electron chi connectivity index (χ3n) is 16.0. The van der Waals surface area contributed by atoms with Crippen LogP contribution in [-0.2, 0) is 5.41 Å². The van der Waals surface area contributed by atoms with Gasteiger partial charge in [0.2, 0.25) is 0 Å². The Kier molecular flexibility index (Phi) is 8.92. The molecule has 350 valence electrons. The summed E-state index contributed by atoms with van der Waals surface area (Å²) in [5, 5.41) is 4.56. The minimum atomic E-state index is -0.657. The summed E-state index contributed by atoms with van der Waals surface area (Å²) in [6.07, 6.45) is 0. The Hall–Kier alpha value is -9.90. The number of rotatable bonds is 6. The molecule has 0 unspecified atom stereocenters. The molecular weight excluding hydrogens is 913 g/mol. The number of furan rings is 1. The number of benzene rings is 12. The van der Waals surface area contributed by atoms with Gasteiger partial charge in [-0.1, -0.05) is 194 Å². The van der Waals surface area contributed by atoms with Crippen molar-refractivity contribution in [3.63, 3.8) is 0 Å². The van der Waals surface area contributed by atoms with E-state index in [4.69, 9.17) is 9.15 Å². The van der Waals surface area contributed by atoms with Crippen molar-refractivity contribution >= 4 is 66.8 Å². The lowest BCUT2D eigenvalue weighted by Crippen LogP contribution is -2.37. The lowest BCUT2D eigenvalue weighted by atomic mass is 9.64. The van der Waals surface area contributed by atoms with Crippen LogP contribution in [-0.4, -0.2) is 0 Å². The molecule has 0 saturated carbocycles. The maximum atomic E-state index is 6.89. The van der Waals surface area contributed by atoms with E-state index in [1.165, 1.54) is 49.7 Å². The highest BCUT2D eigenvalue weighted by molar-refractivity contribution is 6.11. The van der Waals surface area contributed by atoms with Crippen molar-refractivity contribution in [1.29, 1.82) is 0 Å². The third-order valence-corrected chi connectivity index (χ3v) is 16.0. The molecule has 0 bridgehead atoms. The monoisotopic (exact) mass is 956 g/mol. The molecule has 1 aliphatic carbocycles.